The molecule has 0 aliphatic carbocycles. The SMILES string of the molecule is C/C=C\C(=C/C)CN1CCN(C)CC1. The van der Waals surface area contributed by atoms with Crippen LogP contribution in [0.2, 0.25) is 0 Å². The van der Waals surface area contributed by atoms with Crippen LogP contribution in [0.5, 0.6) is 0 Å². The van der Waals surface area contributed by atoms with Crippen molar-refractivity contribution >= 4 is 0 Å². The van der Waals surface area contributed by atoms with Crippen molar-refractivity contribution in [1.29, 1.82) is 0 Å². The molecule has 1 aliphatic heterocycles. The minimum absolute atomic E-state index is 1.11. The van der Waals surface area contributed by atoms with Gasteiger partial charge in [-0.25, -0.2) is 0 Å². The highest BCUT2D eigenvalue weighted by Gasteiger charge is 2.13. The number of allylic oxidation sites excluding steroid dienone is 2. The van der Waals surface area contributed by atoms with E-state index >= 15 is 0 Å². The van der Waals surface area contributed by atoms with Crippen molar-refractivity contribution in [3.8, 4) is 0 Å². The van der Waals surface area contributed by atoms with Crippen molar-refractivity contribution in [2.45, 2.75) is 13.8 Å². The molecular formula is C12H22N2. The predicted molar refractivity (Wildman–Crippen MR) is 62.5 cm³/mol. The van der Waals surface area contributed by atoms with Crippen LogP contribution in [0.25, 0.3) is 0 Å². The van der Waals surface area contributed by atoms with Crippen LogP contribution < -0.4 is 0 Å². The number of hydrogen-bond acceptors (Lipinski definition) is 2. The molecule has 80 valence electrons. The summed E-state index contributed by atoms with van der Waals surface area (Å²) in [7, 11) is 2.19. The highest BCUT2D eigenvalue weighted by Crippen LogP contribution is 2.05. The molecule has 0 saturated carbocycles. The maximum Gasteiger partial charge on any atom is 0.0231 e. The lowest BCUT2D eigenvalue weighted by Gasteiger charge is -2.32. The van der Waals surface area contributed by atoms with E-state index in [1.165, 1.54) is 31.8 Å². The van der Waals surface area contributed by atoms with Crippen molar-refractivity contribution in [3.63, 3.8) is 0 Å². The molecule has 1 fully saturated rings. The first-order valence-electron chi connectivity index (χ1n) is 5.45. The third-order valence-electron chi connectivity index (χ3n) is 2.75. The lowest BCUT2D eigenvalue weighted by atomic mass is 10.2. The highest BCUT2D eigenvalue weighted by atomic mass is 15.2. The van der Waals surface area contributed by atoms with Crippen molar-refractivity contribution in [2.75, 3.05) is 39.8 Å². The van der Waals surface area contributed by atoms with Crippen molar-refractivity contribution in [3.05, 3.63) is 23.8 Å². The normalized spacial score (nSPS) is 22.1. The fourth-order valence-corrected chi connectivity index (χ4v) is 1.72. The molecule has 1 aliphatic rings. The van der Waals surface area contributed by atoms with Crippen LogP contribution in [0.3, 0.4) is 0 Å². The van der Waals surface area contributed by atoms with Crippen molar-refractivity contribution in [1.82, 2.24) is 9.80 Å². The van der Waals surface area contributed by atoms with E-state index in [1.54, 1.807) is 0 Å². The maximum absolute atomic E-state index is 2.52. The van der Waals surface area contributed by atoms with E-state index in [0.717, 1.165) is 6.54 Å². The molecule has 2 heteroatoms. The minimum Gasteiger partial charge on any atom is -0.304 e. The summed E-state index contributed by atoms with van der Waals surface area (Å²) in [6, 6.07) is 0. The van der Waals surface area contributed by atoms with Gasteiger partial charge in [-0.2, -0.15) is 0 Å². The molecule has 0 aromatic rings. The van der Waals surface area contributed by atoms with Gasteiger partial charge in [0.25, 0.3) is 0 Å². The topological polar surface area (TPSA) is 6.48 Å². The van der Waals surface area contributed by atoms with Crippen LogP contribution in [-0.4, -0.2) is 49.6 Å². The summed E-state index contributed by atoms with van der Waals surface area (Å²) in [5, 5.41) is 0. The molecule has 1 heterocycles. The molecule has 0 amide bonds. The van der Waals surface area contributed by atoms with E-state index in [4.69, 9.17) is 0 Å². The van der Waals surface area contributed by atoms with Gasteiger partial charge in [0.2, 0.25) is 0 Å². The first-order chi connectivity index (χ1) is 6.76. The zero-order valence-electron chi connectivity index (χ0n) is 9.66. The number of hydrogen-bond donors (Lipinski definition) is 0. The lowest BCUT2D eigenvalue weighted by Crippen LogP contribution is -2.44. The molecule has 0 spiro atoms. The molecule has 14 heavy (non-hydrogen) atoms. The molecule has 0 radical (unpaired) electrons. The minimum atomic E-state index is 1.11. The zero-order valence-corrected chi connectivity index (χ0v) is 9.66. The number of likely N-dealkylation sites (N-methyl/N-ethyl adjacent to an activating group) is 1. The Hall–Kier alpha value is -0.600. The Labute approximate surface area is 87.9 Å². The van der Waals surface area contributed by atoms with E-state index in [0.29, 0.717) is 0 Å². The fraction of sp³-hybridized carbons (Fsp3) is 0.667. The molecule has 0 unspecified atom stereocenters. The third kappa shape index (κ3) is 3.64. The van der Waals surface area contributed by atoms with E-state index < -0.39 is 0 Å². The lowest BCUT2D eigenvalue weighted by molar-refractivity contribution is 0.164. The maximum atomic E-state index is 2.52. The molecule has 0 atom stereocenters. The number of rotatable bonds is 3. The molecule has 0 aromatic heterocycles. The Morgan fingerprint density at radius 3 is 2.29 bits per heavy atom. The van der Waals surface area contributed by atoms with Gasteiger partial charge >= 0.3 is 0 Å². The Balaban J connectivity index is 2.36. The zero-order chi connectivity index (χ0) is 10.4. The van der Waals surface area contributed by atoms with Gasteiger partial charge in [-0.05, 0) is 26.5 Å². The number of nitrogens with zero attached hydrogens (tertiary/aromatic N) is 2. The summed E-state index contributed by atoms with van der Waals surface area (Å²) in [5.41, 5.74) is 1.43. The first kappa shape index (κ1) is 11.5. The molecule has 2 nitrogen and oxygen atoms in total. The van der Waals surface area contributed by atoms with E-state index in [2.05, 4.69) is 48.9 Å². The standard InChI is InChI=1S/C12H22N2/c1-4-6-12(5-2)11-14-9-7-13(3)8-10-14/h4-6H,7-11H2,1-3H3/b6-4-,12-5+. The van der Waals surface area contributed by atoms with Gasteiger partial charge < -0.3 is 4.90 Å². The third-order valence-corrected chi connectivity index (χ3v) is 2.75. The molecular weight excluding hydrogens is 172 g/mol. The average molecular weight is 194 g/mol. The highest BCUT2D eigenvalue weighted by molar-refractivity contribution is 5.19. The quantitative estimate of drug-likeness (QED) is 0.632. The monoisotopic (exact) mass is 194 g/mol. The summed E-state index contributed by atoms with van der Waals surface area (Å²) in [5.74, 6) is 0. The van der Waals surface area contributed by atoms with Gasteiger partial charge in [0.15, 0.2) is 0 Å². The van der Waals surface area contributed by atoms with Crippen molar-refractivity contribution < 1.29 is 0 Å². The molecule has 1 rings (SSSR count). The smallest absolute Gasteiger partial charge is 0.0231 e. The van der Waals surface area contributed by atoms with Gasteiger partial charge in [0, 0.05) is 32.7 Å². The van der Waals surface area contributed by atoms with Crippen LogP contribution in [0, 0.1) is 0 Å². The van der Waals surface area contributed by atoms with E-state index in [1.807, 2.05) is 0 Å². The van der Waals surface area contributed by atoms with Crippen LogP contribution >= 0.6 is 0 Å². The summed E-state index contributed by atoms with van der Waals surface area (Å²) in [4.78, 5) is 4.91. The Morgan fingerprint density at radius 1 is 1.14 bits per heavy atom. The van der Waals surface area contributed by atoms with Gasteiger partial charge in [0.1, 0.15) is 0 Å². The van der Waals surface area contributed by atoms with Crippen LogP contribution in [0.4, 0.5) is 0 Å². The van der Waals surface area contributed by atoms with Crippen LogP contribution in [0.1, 0.15) is 13.8 Å². The first-order valence-corrected chi connectivity index (χ1v) is 5.45. The second-order valence-electron chi connectivity index (χ2n) is 3.94. The predicted octanol–water partition coefficient (Wildman–Crippen LogP) is 1.76. The van der Waals surface area contributed by atoms with Gasteiger partial charge in [-0.3, -0.25) is 4.90 Å². The van der Waals surface area contributed by atoms with Crippen LogP contribution in [0.15, 0.2) is 23.8 Å². The Bertz CT molecular complexity index is 210. The van der Waals surface area contributed by atoms with Crippen LogP contribution in [-0.2, 0) is 0 Å². The largest absolute Gasteiger partial charge is 0.304 e. The fourth-order valence-electron chi connectivity index (χ4n) is 1.72. The average Bonchev–Trinajstić information content (AvgIpc) is 2.20. The van der Waals surface area contributed by atoms with E-state index in [9.17, 15) is 0 Å². The van der Waals surface area contributed by atoms with Gasteiger partial charge in [0.05, 0.1) is 0 Å². The second kappa shape index (κ2) is 5.99. The Morgan fingerprint density at radius 2 is 1.79 bits per heavy atom. The van der Waals surface area contributed by atoms with Crippen molar-refractivity contribution in [2.24, 2.45) is 0 Å². The second-order valence-corrected chi connectivity index (χ2v) is 3.94. The van der Waals surface area contributed by atoms with Gasteiger partial charge in [-0.15, -0.1) is 0 Å². The van der Waals surface area contributed by atoms with E-state index in [-0.39, 0.29) is 0 Å². The molecule has 0 N–H and O–H groups in total. The summed E-state index contributed by atoms with van der Waals surface area (Å²) in [6.07, 6.45) is 6.53. The summed E-state index contributed by atoms with van der Waals surface area (Å²) < 4.78 is 0. The molecule has 0 aromatic carbocycles. The van der Waals surface area contributed by atoms with Gasteiger partial charge in [-0.1, -0.05) is 18.2 Å². The molecule has 0 bridgehead atoms. The molecule has 1 saturated heterocycles. The number of piperazine rings is 1. The summed E-state index contributed by atoms with van der Waals surface area (Å²) >= 11 is 0. The Kier molecular flexibility index (Phi) is 4.91. The summed E-state index contributed by atoms with van der Waals surface area (Å²) in [6.45, 7) is 10.1.